The highest BCUT2D eigenvalue weighted by atomic mass is 16.6. The lowest BCUT2D eigenvalue weighted by atomic mass is 10.1. The fourth-order valence-electron chi connectivity index (χ4n) is 2.47. The zero-order valence-electron chi connectivity index (χ0n) is 15.1. The molecule has 0 aliphatic rings. The molecule has 1 aromatic carbocycles. The van der Waals surface area contributed by atoms with Crippen molar-refractivity contribution in [2.24, 2.45) is 10.2 Å². The van der Waals surface area contributed by atoms with Crippen LogP contribution in [-0.2, 0) is 0 Å². The number of benzene rings is 1. The highest BCUT2D eigenvalue weighted by molar-refractivity contribution is 5.61. The van der Waals surface area contributed by atoms with Crippen LogP contribution in [0.3, 0.4) is 0 Å². The molecular formula is C17H17N5O5. The summed E-state index contributed by atoms with van der Waals surface area (Å²) in [6.45, 7) is 4.76. The Morgan fingerprint density at radius 1 is 1.37 bits per heavy atom. The Bertz CT molecular complexity index is 1030. The molecule has 0 aliphatic heterocycles. The first-order valence-electron chi connectivity index (χ1n) is 7.85. The molecule has 2 rings (SSSR count). The quantitative estimate of drug-likeness (QED) is 0.483. The van der Waals surface area contributed by atoms with Crippen molar-refractivity contribution in [3.05, 3.63) is 49.8 Å². The van der Waals surface area contributed by atoms with Crippen molar-refractivity contribution in [2.75, 3.05) is 7.11 Å². The van der Waals surface area contributed by atoms with Crippen LogP contribution < -0.4 is 10.3 Å². The molecule has 10 nitrogen and oxygen atoms in total. The molecule has 1 aromatic heterocycles. The summed E-state index contributed by atoms with van der Waals surface area (Å²) in [7, 11) is 1.37. The molecule has 27 heavy (non-hydrogen) atoms. The average molecular weight is 371 g/mol. The Hall–Kier alpha value is -3.74. The van der Waals surface area contributed by atoms with Gasteiger partial charge >= 0.3 is 0 Å². The molecule has 0 fully saturated rings. The van der Waals surface area contributed by atoms with Crippen LogP contribution in [0.15, 0.2) is 33.2 Å². The summed E-state index contributed by atoms with van der Waals surface area (Å²) in [4.78, 5) is 23.2. The van der Waals surface area contributed by atoms with E-state index in [0.717, 1.165) is 4.57 Å². The van der Waals surface area contributed by atoms with E-state index < -0.39 is 22.4 Å². The summed E-state index contributed by atoms with van der Waals surface area (Å²) in [6, 6.07) is 5.39. The van der Waals surface area contributed by atoms with Crippen LogP contribution in [0, 0.1) is 28.4 Å². The van der Waals surface area contributed by atoms with Gasteiger partial charge < -0.3 is 9.84 Å². The molecular weight excluding hydrogens is 354 g/mol. The normalized spacial score (nSPS) is 11.0. The zero-order valence-corrected chi connectivity index (χ0v) is 15.1. The van der Waals surface area contributed by atoms with E-state index in [2.05, 4.69) is 10.2 Å². The molecule has 0 spiro atoms. The molecule has 1 heterocycles. The second kappa shape index (κ2) is 7.65. The number of ether oxygens (including phenoxy) is 1. The molecule has 0 aliphatic carbocycles. The Morgan fingerprint density at radius 3 is 2.56 bits per heavy atom. The maximum Gasteiger partial charge on any atom is 0.300 e. The maximum atomic E-state index is 12.6. The third-order valence-electron chi connectivity index (χ3n) is 3.87. The predicted molar refractivity (Wildman–Crippen MR) is 96.0 cm³/mol. The van der Waals surface area contributed by atoms with Gasteiger partial charge in [-0.2, -0.15) is 5.26 Å². The standard InChI is InChI=1S/C17H17N5O5/c1-9(2)21-16(23)12(8-18)10(3)15(17(21)24)20-19-13-6-5-11(27-4)7-14(13)22(25)26/h5-7,9,23H,1-4H3. The first-order valence-corrected chi connectivity index (χ1v) is 7.85. The Balaban J connectivity index is 2.69. The maximum absolute atomic E-state index is 12.6. The van der Waals surface area contributed by atoms with E-state index >= 15 is 0 Å². The van der Waals surface area contributed by atoms with E-state index in [4.69, 9.17) is 4.74 Å². The number of nitrogens with zero attached hydrogens (tertiary/aromatic N) is 5. The first kappa shape index (κ1) is 19.6. The number of aromatic hydroxyl groups is 1. The Kier molecular flexibility index (Phi) is 5.55. The minimum Gasteiger partial charge on any atom is -0.496 e. The van der Waals surface area contributed by atoms with Crippen molar-refractivity contribution in [2.45, 2.75) is 26.8 Å². The van der Waals surface area contributed by atoms with E-state index in [1.807, 2.05) is 6.07 Å². The van der Waals surface area contributed by atoms with Gasteiger partial charge in [0.2, 0.25) is 5.88 Å². The van der Waals surface area contributed by atoms with Gasteiger partial charge in [0, 0.05) is 11.6 Å². The van der Waals surface area contributed by atoms with Gasteiger partial charge in [0.1, 0.15) is 17.4 Å². The lowest BCUT2D eigenvalue weighted by molar-refractivity contribution is -0.384. The van der Waals surface area contributed by atoms with Crippen LogP contribution in [0.25, 0.3) is 0 Å². The van der Waals surface area contributed by atoms with Gasteiger partial charge in [0.05, 0.1) is 18.1 Å². The molecule has 0 radical (unpaired) electrons. The van der Waals surface area contributed by atoms with Crippen LogP contribution in [-0.4, -0.2) is 21.7 Å². The summed E-state index contributed by atoms with van der Waals surface area (Å²) >= 11 is 0. The largest absolute Gasteiger partial charge is 0.496 e. The minimum absolute atomic E-state index is 0.0812. The second-order valence-electron chi connectivity index (χ2n) is 5.86. The van der Waals surface area contributed by atoms with Crippen molar-refractivity contribution < 1.29 is 14.8 Å². The van der Waals surface area contributed by atoms with Gasteiger partial charge in [0.25, 0.3) is 11.2 Å². The fourth-order valence-corrected chi connectivity index (χ4v) is 2.47. The van der Waals surface area contributed by atoms with Crippen LogP contribution in [0.2, 0.25) is 0 Å². The molecule has 0 saturated carbocycles. The molecule has 10 heteroatoms. The highest BCUT2D eigenvalue weighted by Gasteiger charge is 2.21. The van der Waals surface area contributed by atoms with E-state index in [9.17, 15) is 25.3 Å². The van der Waals surface area contributed by atoms with Crippen molar-refractivity contribution in [1.82, 2.24) is 4.57 Å². The van der Waals surface area contributed by atoms with Crippen LogP contribution in [0.1, 0.15) is 31.0 Å². The molecule has 0 saturated heterocycles. The topological polar surface area (TPSA) is 143 Å². The summed E-state index contributed by atoms with van der Waals surface area (Å²) in [5.41, 5.74) is -1.23. The Morgan fingerprint density at radius 2 is 2.04 bits per heavy atom. The monoisotopic (exact) mass is 371 g/mol. The molecule has 1 N–H and O–H groups in total. The summed E-state index contributed by atoms with van der Waals surface area (Å²) in [5, 5.41) is 38.4. The van der Waals surface area contributed by atoms with Crippen molar-refractivity contribution in [3.63, 3.8) is 0 Å². The third kappa shape index (κ3) is 3.62. The summed E-state index contributed by atoms with van der Waals surface area (Å²) in [6.07, 6.45) is 0. The highest BCUT2D eigenvalue weighted by Crippen LogP contribution is 2.33. The number of nitro groups is 1. The van der Waals surface area contributed by atoms with Crippen molar-refractivity contribution in [3.8, 4) is 17.7 Å². The zero-order chi connectivity index (χ0) is 20.3. The predicted octanol–water partition coefficient (Wildman–Crippen LogP) is 3.65. The average Bonchev–Trinajstić information content (AvgIpc) is 2.61. The summed E-state index contributed by atoms with van der Waals surface area (Å²) in [5.74, 6) is -0.181. The number of pyridine rings is 1. The number of aromatic nitrogens is 1. The number of hydrogen-bond acceptors (Lipinski definition) is 8. The molecule has 0 unspecified atom stereocenters. The Labute approximate surface area is 154 Å². The number of hydrogen-bond donors (Lipinski definition) is 1. The smallest absolute Gasteiger partial charge is 0.300 e. The minimum atomic E-state index is -0.654. The van der Waals surface area contributed by atoms with E-state index in [0.29, 0.717) is 0 Å². The van der Waals surface area contributed by atoms with Gasteiger partial charge in [-0.15, -0.1) is 10.2 Å². The van der Waals surface area contributed by atoms with Gasteiger partial charge in [-0.25, -0.2) is 0 Å². The van der Waals surface area contributed by atoms with Crippen LogP contribution in [0.5, 0.6) is 11.6 Å². The summed E-state index contributed by atoms with van der Waals surface area (Å²) < 4.78 is 5.97. The third-order valence-corrected chi connectivity index (χ3v) is 3.87. The van der Waals surface area contributed by atoms with Crippen molar-refractivity contribution in [1.29, 1.82) is 5.26 Å². The van der Waals surface area contributed by atoms with Crippen LogP contribution in [0.4, 0.5) is 17.1 Å². The van der Waals surface area contributed by atoms with E-state index in [-0.39, 0.29) is 33.9 Å². The molecule has 0 atom stereocenters. The number of azo groups is 1. The lowest BCUT2D eigenvalue weighted by Crippen LogP contribution is -2.23. The van der Waals surface area contributed by atoms with Gasteiger partial charge in [0.15, 0.2) is 11.4 Å². The van der Waals surface area contributed by atoms with Crippen molar-refractivity contribution >= 4 is 17.1 Å². The van der Waals surface area contributed by atoms with E-state index in [1.165, 1.54) is 32.2 Å². The lowest BCUT2D eigenvalue weighted by Gasteiger charge is -2.15. The number of nitriles is 1. The molecule has 140 valence electrons. The molecule has 0 amide bonds. The molecule has 2 aromatic rings. The fraction of sp³-hybridized carbons (Fsp3) is 0.294. The number of methoxy groups -OCH3 is 1. The van der Waals surface area contributed by atoms with Gasteiger partial charge in [-0.05, 0) is 32.9 Å². The SMILES string of the molecule is COc1ccc(N=Nc2c(C)c(C#N)c(O)n(C(C)C)c2=O)c([N+](=O)[O-])c1. The van der Waals surface area contributed by atoms with E-state index in [1.54, 1.807) is 13.8 Å². The second-order valence-corrected chi connectivity index (χ2v) is 5.86. The van der Waals surface area contributed by atoms with Gasteiger partial charge in [-0.1, -0.05) is 0 Å². The van der Waals surface area contributed by atoms with Crippen LogP contribution >= 0.6 is 0 Å². The first-order chi connectivity index (χ1) is 12.7. The molecule has 0 bridgehead atoms. The number of nitro benzene ring substituents is 1. The van der Waals surface area contributed by atoms with Gasteiger partial charge in [-0.3, -0.25) is 19.5 Å². The number of rotatable bonds is 5.